The molecule has 0 spiro atoms. The first-order valence-corrected chi connectivity index (χ1v) is 15.9. The van der Waals surface area contributed by atoms with Crippen LogP contribution in [0.25, 0.3) is 0 Å². The van der Waals surface area contributed by atoms with Crippen molar-refractivity contribution < 1.29 is 52.3 Å². The van der Waals surface area contributed by atoms with Crippen molar-refractivity contribution >= 4 is 19.8 Å². The summed E-state index contributed by atoms with van der Waals surface area (Å²) in [7, 11) is 0.988. The predicted molar refractivity (Wildman–Crippen MR) is 160 cm³/mol. The molecule has 0 radical (unpaired) electrons. The molecule has 0 saturated heterocycles. The Bertz CT molecular complexity index is 910. The van der Waals surface area contributed by atoms with Gasteiger partial charge in [-0.3, -0.25) is 14.2 Å². The first-order valence-electron chi connectivity index (χ1n) is 14.4. The largest absolute Gasteiger partial charge is 0.756 e. The Morgan fingerprint density at radius 3 is 2.00 bits per heavy atom. The predicted octanol–water partition coefficient (Wildman–Crippen LogP) is 3.76. The van der Waals surface area contributed by atoms with Crippen molar-refractivity contribution in [2.24, 2.45) is 0 Å². The minimum Gasteiger partial charge on any atom is -0.756 e. The van der Waals surface area contributed by atoms with E-state index >= 15 is 0 Å². The average molecular weight is 618 g/mol. The molecular formula is C30H52NO10P. The number of nitrogens with zero attached hydrogens (tertiary/aromatic N) is 1. The molecule has 0 aromatic heterocycles. The first-order chi connectivity index (χ1) is 19.8. The van der Waals surface area contributed by atoms with Crippen LogP contribution in [0.4, 0.5) is 0 Å². The Labute approximate surface area is 251 Å². The minimum atomic E-state index is -4.64. The van der Waals surface area contributed by atoms with Gasteiger partial charge in [-0.05, 0) is 44.9 Å². The van der Waals surface area contributed by atoms with Crippen molar-refractivity contribution in [3.05, 3.63) is 48.6 Å². The summed E-state index contributed by atoms with van der Waals surface area (Å²) in [5.74, 6) is -1.33. The number of phosphoric acid groups is 1. The van der Waals surface area contributed by atoms with Crippen LogP contribution in [-0.2, 0) is 32.7 Å². The smallest absolute Gasteiger partial charge is 0.305 e. The van der Waals surface area contributed by atoms with E-state index < -0.39 is 51.3 Å². The van der Waals surface area contributed by atoms with Gasteiger partial charge in [0.15, 0.2) is 6.10 Å². The zero-order valence-electron chi connectivity index (χ0n) is 25.9. The molecule has 0 aromatic carbocycles. The van der Waals surface area contributed by atoms with Crippen molar-refractivity contribution in [3.63, 3.8) is 0 Å². The Hall–Kier alpha value is -2.11. The fraction of sp³-hybridized carbons (Fsp3) is 0.667. The number of rotatable bonds is 24. The lowest BCUT2D eigenvalue weighted by molar-refractivity contribution is -0.870. The maximum Gasteiger partial charge on any atom is 0.305 e. The van der Waals surface area contributed by atoms with Crippen molar-refractivity contribution in [2.75, 3.05) is 47.5 Å². The number of carbonyl (C=O) groups is 2. The van der Waals surface area contributed by atoms with Crippen molar-refractivity contribution in [2.45, 2.75) is 83.5 Å². The molecule has 2 N–H and O–H groups in total. The topological polar surface area (TPSA) is 152 Å². The molecule has 0 fully saturated rings. The van der Waals surface area contributed by atoms with E-state index in [0.29, 0.717) is 11.0 Å². The fourth-order valence-corrected chi connectivity index (χ4v) is 4.00. The van der Waals surface area contributed by atoms with Crippen LogP contribution in [0.2, 0.25) is 0 Å². The molecule has 0 rings (SSSR count). The maximum absolute atomic E-state index is 12.1. The van der Waals surface area contributed by atoms with Crippen LogP contribution in [0.3, 0.4) is 0 Å². The number of phosphoric ester groups is 1. The second-order valence-electron chi connectivity index (χ2n) is 10.8. The lowest BCUT2D eigenvalue weighted by Crippen LogP contribution is -2.37. The van der Waals surface area contributed by atoms with E-state index in [1.807, 2.05) is 39.4 Å². The highest BCUT2D eigenvalue weighted by Gasteiger charge is 2.21. The molecule has 0 amide bonds. The van der Waals surface area contributed by atoms with Gasteiger partial charge < -0.3 is 38.1 Å². The highest BCUT2D eigenvalue weighted by Crippen LogP contribution is 2.38. The van der Waals surface area contributed by atoms with Gasteiger partial charge in [0.1, 0.15) is 19.8 Å². The molecule has 0 aliphatic carbocycles. The fourth-order valence-electron chi connectivity index (χ4n) is 3.27. The van der Waals surface area contributed by atoms with Crippen molar-refractivity contribution in [3.8, 4) is 0 Å². The van der Waals surface area contributed by atoms with E-state index in [-0.39, 0.29) is 32.3 Å². The van der Waals surface area contributed by atoms with Crippen LogP contribution in [0.5, 0.6) is 0 Å². The van der Waals surface area contributed by atoms with E-state index in [0.717, 1.165) is 32.6 Å². The number of aliphatic hydroxyl groups excluding tert-OH is 2. The second kappa shape index (κ2) is 23.4. The van der Waals surface area contributed by atoms with E-state index in [2.05, 4.69) is 37.3 Å². The number of esters is 2. The summed E-state index contributed by atoms with van der Waals surface area (Å²) in [6, 6.07) is 0. The Balaban J connectivity index is 4.28. The lowest BCUT2D eigenvalue weighted by atomic mass is 10.0. The Kier molecular flexibility index (Phi) is 22.2. The van der Waals surface area contributed by atoms with E-state index in [1.54, 1.807) is 0 Å². The third-order valence-electron chi connectivity index (χ3n) is 5.61. The molecule has 0 heterocycles. The number of carbonyl (C=O) groups excluding carboxylic acids is 2. The zero-order chi connectivity index (χ0) is 31.9. The number of aliphatic hydroxyl groups is 2. The molecule has 0 saturated carbocycles. The number of quaternary nitrogens is 1. The summed E-state index contributed by atoms with van der Waals surface area (Å²) in [5.41, 5.74) is 0. The summed E-state index contributed by atoms with van der Waals surface area (Å²) < 4.78 is 32.1. The first kappa shape index (κ1) is 39.9. The number of hydrogen-bond donors (Lipinski definition) is 2. The molecule has 0 aromatic rings. The molecule has 0 bridgehead atoms. The minimum absolute atomic E-state index is 0.0460. The van der Waals surface area contributed by atoms with Gasteiger partial charge in [-0.1, -0.05) is 55.5 Å². The van der Waals surface area contributed by atoms with E-state index in [1.165, 1.54) is 0 Å². The van der Waals surface area contributed by atoms with Gasteiger partial charge in [0, 0.05) is 13.3 Å². The van der Waals surface area contributed by atoms with Crippen LogP contribution >= 0.6 is 7.82 Å². The Morgan fingerprint density at radius 1 is 0.881 bits per heavy atom. The van der Waals surface area contributed by atoms with E-state index in [4.69, 9.17) is 18.5 Å². The summed E-state index contributed by atoms with van der Waals surface area (Å²) in [5, 5.41) is 20.3. The maximum atomic E-state index is 12.1. The molecule has 12 heteroatoms. The number of ether oxygens (including phenoxy) is 2. The molecule has 242 valence electrons. The quantitative estimate of drug-likeness (QED) is 0.0709. The van der Waals surface area contributed by atoms with Gasteiger partial charge in [0.2, 0.25) is 0 Å². The molecule has 4 atom stereocenters. The second-order valence-corrected chi connectivity index (χ2v) is 12.2. The highest BCUT2D eigenvalue weighted by atomic mass is 31.2. The Morgan fingerprint density at radius 2 is 1.45 bits per heavy atom. The standard InChI is InChI=1S/C30H52NO10P/c1-6-7-8-9-10-11-12-13-14-15-16-17-19-28(33)29(34)20-18-21-30(35)38-24-27(41-26(2)32)25-40-42(36,37)39-23-22-31(3,4)5/h7-8,10-11,13-14,16-17,27-29,33-34H,6,9,12,15,18-25H2,1-5H3/b8-7-,11-10-,14-13-,17-16-/t27-,28+,29+/m1/s1. The van der Waals surface area contributed by atoms with Crippen LogP contribution in [-0.4, -0.2) is 92.5 Å². The van der Waals surface area contributed by atoms with Gasteiger partial charge >= 0.3 is 11.9 Å². The third kappa shape index (κ3) is 25.6. The number of likely N-dealkylation sites (N-methyl/N-ethyl adjacent to an activating group) is 1. The lowest BCUT2D eigenvalue weighted by Gasteiger charge is -2.28. The highest BCUT2D eigenvalue weighted by molar-refractivity contribution is 7.45. The molecule has 1 unspecified atom stereocenters. The van der Waals surface area contributed by atoms with Gasteiger partial charge in [-0.15, -0.1) is 0 Å². The molecule has 11 nitrogen and oxygen atoms in total. The summed E-state index contributed by atoms with van der Waals surface area (Å²) in [4.78, 5) is 35.4. The van der Waals surface area contributed by atoms with Gasteiger partial charge in [0.05, 0.1) is 40.0 Å². The molecule has 0 aliphatic rings. The SMILES string of the molecule is CC/C=C\C/C=C\C/C=C\C/C=C\C[C@H](O)[C@@H](O)CCCC(=O)OC[C@H](COP(=O)([O-])OCC[N+](C)(C)C)OC(C)=O. The number of hydrogen-bond acceptors (Lipinski definition) is 10. The van der Waals surface area contributed by atoms with Crippen LogP contribution in [0.1, 0.15) is 65.2 Å². The summed E-state index contributed by atoms with van der Waals surface area (Å²) in [6.45, 7) is 2.61. The normalized spacial score (nSPS) is 16.3. The molecule has 0 aliphatic heterocycles. The van der Waals surface area contributed by atoms with Crippen LogP contribution in [0, 0.1) is 0 Å². The third-order valence-corrected chi connectivity index (χ3v) is 6.58. The van der Waals surface area contributed by atoms with Gasteiger partial charge in [0.25, 0.3) is 7.82 Å². The summed E-state index contributed by atoms with van der Waals surface area (Å²) in [6.07, 6.45) is 17.5. The number of allylic oxidation sites excluding steroid dienone is 7. The zero-order valence-corrected chi connectivity index (χ0v) is 26.8. The average Bonchev–Trinajstić information content (AvgIpc) is 2.89. The van der Waals surface area contributed by atoms with Crippen LogP contribution < -0.4 is 4.89 Å². The van der Waals surface area contributed by atoms with Crippen molar-refractivity contribution in [1.82, 2.24) is 0 Å². The van der Waals surface area contributed by atoms with Crippen molar-refractivity contribution in [1.29, 1.82) is 0 Å². The van der Waals surface area contributed by atoms with Gasteiger partial charge in [-0.2, -0.15) is 0 Å². The summed E-state index contributed by atoms with van der Waals surface area (Å²) >= 11 is 0. The molecular weight excluding hydrogens is 565 g/mol. The van der Waals surface area contributed by atoms with Gasteiger partial charge in [-0.25, -0.2) is 0 Å². The van der Waals surface area contributed by atoms with Crippen LogP contribution in [0.15, 0.2) is 48.6 Å². The van der Waals surface area contributed by atoms with E-state index in [9.17, 15) is 29.3 Å². The monoisotopic (exact) mass is 617 g/mol. The molecule has 42 heavy (non-hydrogen) atoms.